The second kappa shape index (κ2) is 4.63. The molecule has 6 nitrogen and oxygen atoms in total. The number of hydrogen-bond acceptors (Lipinski definition) is 3. The summed E-state index contributed by atoms with van der Waals surface area (Å²) in [6.45, 7) is 4.75. The number of rotatable bonds is 3. The molecule has 0 aromatic heterocycles. The molecular formula is C14H16N2O4. The van der Waals surface area contributed by atoms with Crippen molar-refractivity contribution in [1.82, 2.24) is 10.2 Å². The van der Waals surface area contributed by atoms with Crippen molar-refractivity contribution in [2.75, 3.05) is 6.54 Å². The Labute approximate surface area is 116 Å². The Kier molecular flexibility index (Phi) is 3.25. The number of carboxylic acid groups (broad SMARTS) is 1. The highest BCUT2D eigenvalue weighted by Crippen LogP contribution is 2.31. The number of carbonyl (C=O) groups is 3. The van der Waals surface area contributed by atoms with E-state index in [2.05, 4.69) is 5.32 Å². The third kappa shape index (κ3) is 2.13. The van der Waals surface area contributed by atoms with Gasteiger partial charge in [-0.15, -0.1) is 0 Å². The molecule has 0 spiro atoms. The van der Waals surface area contributed by atoms with E-state index in [1.807, 2.05) is 26.0 Å². The van der Waals surface area contributed by atoms with E-state index in [4.69, 9.17) is 5.11 Å². The van der Waals surface area contributed by atoms with Gasteiger partial charge in [0, 0.05) is 0 Å². The van der Waals surface area contributed by atoms with Gasteiger partial charge in [0.25, 0.3) is 5.91 Å². The van der Waals surface area contributed by atoms with Gasteiger partial charge in [-0.1, -0.05) is 23.8 Å². The van der Waals surface area contributed by atoms with E-state index in [9.17, 15) is 14.4 Å². The number of carboxylic acids is 1. The minimum atomic E-state index is -1.22. The number of aliphatic carboxylic acids is 1. The van der Waals surface area contributed by atoms with Crippen LogP contribution in [0.4, 0.5) is 4.79 Å². The lowest BCUT2D eigenvalue weighted by molar-refractivity contribution is -0.142. The molecule has 1 fully saturated rings. The maximum absolute atomic E-state index is 12.4. The van der Waals surface area contributed by atoms with Crippen molar-refractivity contribution in [1.29, 1.82) is 0 Å². The van der Waals surface area contributed by atoms with Gasteiger partial charge in [-0.2, -0.15) is 0 Å². The molecule has 1 aromatic carbocycles. The molecule has 0 radical (unpaired) electrons. The summed E-state index contributed by atoms with van der Waals surface area (Å²) in [5, 5.41) is 11.4. The Morgan fingerprint density at radius 1 is 1.35 bits per heavy atom. The van der Waals surface area contributed by atoms with Crippen LogP contribution in [0.2, 0.25) is 0 Å². The highest BCUT2D eigenvalue weighted by atomic mass is 16.4. The van der Waals surface area contributed by atoms with Crippen LogP contribution in [0.1, 0.15) is 23.6 Å². The fourth-order valence-electron chi connectivity index (χ4n) is 2.53. The molecule has 2 rings (SSSR count). The zero-order valence-electron chi connectivity index (χ0n) is 11.6. The summed E-state index contributed by atoms with van der Waals surface area (Å²) in [7, 11) is 0. The highest BCUT2D eigenvalue weighted by molar-refractivity contribution is 6.08. The maximum atomic E-state index is 12.4. The van der Waals surface area contributed by atoms with E-state index in [1.54, 1.807) is 13.0 Å². The quantitative estimate of drug-likeness (QED) is 0.811. The third-order valence-electron chi connectivity index (χ3n) is 3.49. The van der Waals surface area contributed by atoms with Gasteiger partial charge in [0.2, 0.25) is 0 Å². The number of benzene rings is 1. The van der Waals surface area contributed by atoms with Crippen LogP contribution in [0.15, 0.2) is 18.2 Å². The Bertz CT molecular complexity index is 611. The number of urea groups is 1. The predicted molar refractivity (Wildman–Crippen MR) is 71.1 cm³/mol. The first-order chi connectivity index (χ1) is 9.25. The molecule has 1 aliphatic heterocycles. The van der Waals surface area contributed by atoms with Crippen molar-refractivity contribution < 1.29 is 19.5 Å². The van der Waals surface area contributed by atoms with Crippen LogP contribution in [0.25, 0.3) is 0 Å². The summed E-state index contributed by atoms with van der Waals surface area (Å²) in [5.41, 5.74) is 1.38. The first kappa shape index (κ1) is 14.0. The van der Waals surface area contributed by atoms with Crippen LogP contribution in [0.5, 0.6) is 0 Å². The van der Waals surface area contributed by atoms with Gasteiger partial charge in [0.1, 0.15) is 12.1 Å². The lowest BCUT2D eigenvalue weighted by atomic mass is 9.88. The average molecular weight is 276 g/mol. The summed E-state index contributed by atoms with van der Waals surface area (Å²) in [6.07, 6.45) is 0. The summed E-state index contributed by atoms with van der Waals surface area (Å²) in [5.74, 6) is -1.77. The van der Waals surface area contributed by atoms with Crippen LogP contribution in [0, 0.1) is 13.8 Å². The normalized spacial score (nSPS) is 22.1. The van der Waals surface area contributed by atoms with Crippen molar-refractivity contribution in [3.8, 4) is 0 Å². The number of imide groups is 1. The Morgan fingerprint density at radius 2 is 2.00 bits per heavy atom. The molecule has 106 valence electrons. The van der Waals surface area contributed by atoms with Crippen LogP contribution in [0.3, 0.4) is 0 Å². The Hall–Kier alpha value is -2.37. The Morgan fingerprint density at radius 3 is 2.55 bits per heavy atom. The zero-order valence-corrected chi connectivity index (χ0v) is 11.6. The molecule has 0 saturated carbocycles. The molecule has 0 bridgehead atoms. The minimum Gasteiger partial charge on any atom is -0.480 e. The monoisotopic (exact) mass is 276 g/mol. The highest BCUT2D eigenvalue weighted by Gasteiger charge is 2.50. The second-order valence-corrected chi connectivity index (χ2v) is 5.16. The molecule has 0 aliphatic carbocycles. The molecule has 2 N–H and O–H groups in total. The largest absolute Gasteiger partial charge is 0.480 e. The van der Waals surface area contributed by atoms with Crippen molar-refractivity contribution in [2.24, 2.45) is 0 Å². The molecule has 1 atom stereocenters. The van der Waals surface area contributed by atoms with E-state index in [-0.39, 0.29) is 0 Å². The minimum absolute atomic E-state index is 0.545. The molecule has 3 amide bonds. The maximum Gasteiger partial charge on any atom is 0.325 e. The summed E-state index contributed by atoms with van der Waals surface area (Å²) in [6, 6.07) is 4.87. The van der Waals surface area contributed by atoms with E-state index >= 15 is 0 Å². The molecule has 0 unspecified atom stereocenters. The van der Waals surface area contributed by atoms with Crippen molar-refractivity contribution in [3.63, 3.8) is 0 Å². The summed E-state index contributed by atoms with van der Waals surface area (Å²) >= 11 is 0. The number of nitrogens with zero attached hydrogens (tertiary/aromatic N) is 1. The lowest BCUT2D eigenvalue weighted by Crippen LogP contribution is -2.42. The number of aryl methyl sites for hydroxylation is 2. The SMILES string of the molecule is Cc1ccc([C@@]2(C)NC(=O)N(CC(=O)O)C2=O)c(C)c1. The van der Waals surface area contributed by atoms with E-state index in [1.165, 1.54) is 0 Å². The average Bonchev–Trinajstić information content (AvgIpc) is 2.53. The predicted octanol–water partition coefficient (Wildman–Crippen LogP) is 1.16. The van der Waals surface area contributed by atoms with Crippen LogP contribution < -0.4 is 5.32 Å². The van der Waals surface area contributed by atoms with Crippen molar-refractivity contribution >= 4 is 17.9 Å². The smallest absolute Gasteiger partial charge is 0.325 e. The topological polar surface area (TPSA) is 86.7 Å². The van der Waals surface area contributed by atoms with E-state index in [0.29, 0.717) is 5.56 Å². The van der Waals surface area contributed by atoms with Gasteiger partial charge in [-0.3, -0.25) is 14.5 Å². The number of nitrogens with one attached hydrogen (secondary N) is 1. The summed E-state index contributed by atoms with van der Waals surface area (Å²) < 4.78 is 0. The van der Waals surface area contributed by atoms with Gasteiger partial charge in [-0.05, 0) is 31.9 Å². The van der Waals surface area contributed by atoms with Gasteiger partial charge >= 0.3 is 12.0 Å². The first-order valence-electron chi connectivity index (χ1n) is 6.19. The van der Waals surface area contributed by atoms with Gasteiger partial charge in [-0.25, -0.2) is 4.79 Å². The number of carbonyl (C=O) groups excluding carboxylic acids is 2. The molecular weight excluding hydrogens is 260 g/mol. The lowest BCUT2D eigenvalue weighted by Gasteiger charge is -2.24. The van der Waals surface area contributed by atoms with Crippen LogP contribution in [-0.4, -0.2) is 34.5 Å². The summed E-state index contributed by atoms with van der Waals surface area (Å²) in [4.78, 5) is 35.7. The van der Waals surface area contributed by atoms with Gasteiger partial charge in [0.05, 0.1) is 0 Å². The molecule has 1 aliphatic rings. The van der Waals surface area contributed by atoms with Crippen LogP contribution >= 0.6 is 0 Å². The van der Waals surface area contributed by atoms with Crippen LogP contribution in [-0.2, 0) is 15.1 Å². The van der Waals surface area contributed by atoms with Gasteiger partial charge < -0.3 is 10.4 Å². The number of amides is 3. The third-order valence-corrected chi connectivity index (χ3v) is 3.49. The molecule has 1 saturated heterocycles. The standard InChI is InChI=1S/C14H16N2O4/c1-8-4-5-10(9(2)6-8)14(3)12(19)16(7-11(17)18)13(20)15-14/h4-6H,7H2,1-3H3,(H,15,20)(H,17,18)/t14-/m1/s1. The Balaban J connectivity index is 2.43. The zero-order chi connectivity index (χ0) is 15.1. The second-order valence-electron chi connectivity index (χ2n) is 5.16. The molecule has 1 heterocycles. The molecule has 6 heteroatoms. The van der Waals surface area contributed by atoms with Crippen molar-refractivity contribution in [3.05, 3.63) is 34.9 Å². The van der Waals surface area contributed by atoms with E-state index < -0.39 is 30.0 Å². The number of hydrogen-bond donors (Lipinski definition) is 2. The molecule has 20 heavy (non-hydrogen) atoms. The van der Waals surface area contributed by atoms with E-state index in [0.717, 1.165) is 16.0 Å². The fraction of sp³-hybridized carbons (Fsp3) is 0.357. The fourth-order valence-corrected chi connectivity index (χ4v) is 2.53. The van der Waals surface area contributed by atoms with Gasteiger partial charge in [0.15, 0.2) is 0 Å². The van der Waals surface area contributed by atoms with Crippen molar-refractivity contribution in [2.45, 2.75) is 26.3 Å². The molecule has 1 aromatic rings. The first-order valence-corrected chi connectivity index (χ1v) is 6.19.